The van der Waals surface area contributed by atoms with Crippen LogP contribution in [-0.2, 0) is 14.8 Å². The van der Waals surface area contributed by atoms with Crippen LogP contribution in [0.15, 0.2) is 40.2 Å². The molecular formula is C15H16BrN3O4S2. The number of carbonyl (C=O) groups excluding carboxylic acids is 2. The average Bonchev–Trinajstić information content (AvgIpc) is 3.01. The second-order valence-corrected chi connectivity index (χ2v) is 9.39. The summed E-state index contributed by atoms with van der Waals surface area (Å²) in [4.78, 5) is 24.2. The van der Waals surface area contributed by atoms with Gasteiger partial charge >= 0.3 is 0 Å². The first kappa shape index (κ1) is 19.4. The number of sulfonamides is 1. The molecule has 0 unspecified atom stereocenters. The van der Waals surface area contributed by atoms with Gasteiger partial charge in [0.2, 0.25) is 15.9 Å². The van der Waals surface area contributed by atoms with Gasteiger partial charge in [0.15, 0.2) is 0 Å². The molecule has 2 amide bonds. The molecule has 3 N–H and O–H groups in total. The second kappa shape index (κ2) is 8.45. The maximum absolute atomic E-state index is 11.9. The van der Waals surface area contributed by atoms with Gasteiger partial charge in [-0.25, -0.2) is 8.42 Å². The van der Waals surface area contributed by atoms with E-state index in [1.165, 1.54) is 11.3 Å². The highest BCUT2D eigenvalue weighted by Gasteiger charge is 2.11. The smallest absolute Gasteiger partial charge is 0.261 e. The number of hydrogen-bond donors (Lipinski definition) is 3. The molecule has 2 rings (SSSR count). The van der Waals surface area contributed by atoms with E-state index in [0.717, 1.165) is 3.79 Å². The normalized spacial score (nSPS) is 11.0. The van der Waals surface area contributed by atoms with Crippen LogP contribution in [0, 0.1) is 0 Å². The quantitative estimate of drug-likeness (QED) is 0.608. The summed E-state index contributed by atoms with van der Waals surface area (Å²) < 4.78 is 26.2. The summed E-state index contributed by atoms with van der Waals surface area (Å²) in [7, 11) is -3.34. The molecule has 0 aliphatic carbocycles. The van der Waals surface area contributed by atoms with Crippen molar-refractivity contribution in [1.29, 1.82) is 0 Å². The molecule has 134 valence electrons. The van der Waals surface area contributed by atoms with E-state index >= 15 is 0 Å². The van der Waals surface area contributed by atoms with Crippen molar-refractivity contribution >= 4 is 60.5 Å². The molecule has 10 heteroatoms. The van der Waals surface area contributed by atoms with Crippen molar-refractivity contribution in [2.75, 3.05) is 22.3 Å². The number of amides is 2. The van der Waals surface area contributed by atoms with Crippen LogP contribution in [0.3, 0.4) is 0 Å². The molecule has 1 aromatic carbocycles. The Kier molecular flexibility index (Phi) is 6.57. The van der Waals surface area contributed by atoms with Crippen molar-refractivity contribution in [3.63, 3.8) is 0 Å². The van der Waals surface area contributed by atoms with Crippen LogP contribution in [0.25, 0.3) is 0 Å². The second-order valence-electron chi connectivity index (χ2n) is 4.92. The molecule has 0 fully saturated rings. The highest BCUT2D eigenvalue weighted by atomic mass is 79.9. The number of hydrogen-bond acceptors (Lipinski definition) is 5. The van der Waals surface area contributed by atoms with Gasteiger partial charge in [0.05, 0.1) is 21.0 Å². The van der Waals surface area contributed by atoms with Crippen molar-refractivity contribution in [2.45, 2.75) is 6.92 Å². The number of carbonyl (C=O) groups is 2. The third-order valence-corrected chi connectivity index (χ3v) is 5.96. The van der Waals surface area contributed by atoms with Crippen molar-refractivity contribution in [2.24, 2.45) is 0 Å². The lowest BCUT2D eigenvalue weighted by atomic mass is 10.3. The van der Waals surface area contributed by atoms with Crippen LogP contribution >= 0.6 is 27.3 Å². The van der Waals surface area contributed by atoms with Gasteiger partial charge in [0.25, 0.3) is 5.91 Å². The molecule has 2 aromatic rings. The molecule has 0 saturated carbocycles. The van der Waals surface area contributed by atoms with E-state index in [0.29, 0.717) is 16.3 Å². The Morgan fingerprint density at radius 2 is 1.72 bits per heavy atom. The Morgan fingerprint density at radius 1 is 1.08 bits per heavy atom. The summed E-state index contributed by atoms with van der Waals surface area (Å²) in [6, 6.07) is 9.66. The fraction of sp³-hybridized carbons (Fsp3) is 0.200. The highest BCUT2D eigenvalue weighted by molar-refractivity contribution is 9.11. The summed E-state index contributed by atoms with van der Waals surface area (Å²) in [6.07, 6.45) is 0. The van der Waals surface area contributed by atoms with Crippen LogP contribution < -0.4 is 15.4 Å². The first-order valence-electron chi connectivity index (χ1n) is 7.23. The van der Waals surface area contributed by atoms with Crippen LogP contribution in [-0.4, -0.2) is 32.5 Å². The van der Waals surface area contributed by atoms with Gasteiger partial charge in [-0.15, -0.1) is 11.3 Å². The third-order valence-electron chi connectivity index (χ3n) is 3.03. The fourth-order valence-corrected chi connectivity index (χ4v) is 3.70. The van der Waals surface area contributed by atoms with Gasteiger partial charge in [0.1, 0.15) is 0 Å². The van der Waals surface area contributed by atoms with Gasteiger partial charge < -0.3 is 10.6 Å². The Bertz CT molecular complexity index is 863. The number of nitrogens with one attached hydrogen (secondary N) is 3. The Labute approximate surface area is 158 Å². The van der Waals surface area contributed by atoms with Crippen molar-refractivity contribution in [1.82, 2.24) is 5.32 Å². The van der Waals surface area contributed by atoms with Crippen LogP contribution in [0.5, 0.6) is 0 Å². The third kappa shape index (κ3) is 6.15. The lowest BCUT2D eigenvalue weighted by Crippen LogP contribution is -2.32. The minimum absolute atomic E-state index is 0.0218. The standard InChI is InChI=1S/C15H16BrN3O4S2/c1-2-25(22,23)19-11-5-3-10(4-6-11)18-14(20)9-17-15(21)12-7-8-13(16)24-12/h3-8,19H,2,9H2,1H3,(H,17,21)(H,18,20). The fourth-order valence-electron chi connectivity index (χ4n) is 1.76. The SMILES string of the molecule is CCS(=O)(=O)Nc1ccc(NC(=O)CNC(=O)c2ccc(Br)s2)cc1. The first-order valence-corrected chi connectivity index (χ1v) is 10.5. The molecule has 0 atom stereocenters. The minimum Gasteiger partial charge on any atom is -0.342 e. The molecule has 0 saturated heterocycles. The van der Waals surface area contributed by atoms with E-state index in [1.807, 2.05) is 0 Å². The average molecular weight is 446 g/mol. The lowest BCUT2D eigenvalue weighted by molar-refractivity contribution is -0.115. The largest absolute Gasteiger partial charge is 0.342 e. The van der Waals surface area contributed by atoms with Crippen LogP contribution in [0.4, 0.5) is 11.4 Å². The zero-order valence-electron chi connectivity index (χ0n) is 13.2. The van der Waals surface area contributed by atoms with Gasteiger partial charge in [-0.1, -0.05) is 0 Å². The maximum atomic E-state index is 11.9. The van der Waals surface area contributed by atoms with Crippen molar-refractivity contribution < 1.29 is 18.0 Å². The van der Waals surface area contributed by atoms with E-state index in [4.69, 9.17) is 0 Å². The lowest BCUT2D eigenvalue weighted by Gasteiger charge is -2.09. The predicted molar refractivity (Wildman–Crippen MR) is 103 cm³/mol. The minimum atomic E-state index is -3.34. The summed E-state index contributed by atoms with van der Waals surface area (Å²) in [5.74, 6) is -0.729. The van der Waals surface area contributed by atoms with E-state index < -0.39 is 10.0 Å². The molecule has 0 aliphatic rings. The number of benzene rings is 1. The number of thiophene rings is 1. The summed E-state index contributed by atoms with van der Waals surface area (Å²) in [5.41, 5.74) is 0.911. The first-order chi connectivity index (χ1) is 11.8. The summed E-state index contributed by atoms with van der Waals surface area (Å²) >= 11 is 4.55. The molecule has 0 bridgehead atoms. The molecule has 0 spiro atoms. The van der Waals surface area contributed by atoms with E-state index in [9.17, 15) is 18.0 Å². The van der Waals surface area contributed by atoms with Gasteiger partial charge in [-0.05, 0) is 59.3 Å². The predicted octanol–water partition coefficient (Wildman–Crippen LogP) is 2.64. The molecule has 7 nitrogen and oxygen atoms in total. The Balaban J connectivity index is 1.85. The Morgan fingerprint density at radius 3 is 2.28 bits per heavy atom. The number of halogens is 1. The maximum Gasteiger partial charge on any atom is 0.261 e. The van der Waals surface area contributed by atoms with Gasteiger partial charge in [-0.2, -0.15) is 0 Å². The summed E-state index contributed by atoms with van der Waals surface area (Å²) in [6.45, 7) is 1.37. The topological polar surface area (TPSA) is 104 Å². The van der Waals surface area contributed by atoms with E-state index in [-0.39, 0.29) is 24.1 Å². The van der Waals surface area contributed by atoms with Gasteiger partial charge in [0, 0.05) is 11.4 Å². The van der Waals surface area contributed by atoms with Crippen LogP contribution in [0.2, 0.25) is 0 Å². The molecule has 1 heterocycles. The number of anilines is 2. The molecule has 1 aromatic heterocycles. The zero-order valence-corrected chi connectivity index (χ0v) is 16.4. The van der Waals surface area contributed by atoms with Gasteiger partial charge in [-0.3, -0.25) is 14.3 Å². The molecular weight excluding hydrogens is 430 g/mol. The van der Waals surface area contributed by atoms with E-state index in [1.54, 1.807) is 43.3 Å². The number of rotatable bonds is 7. The molecule has 0 radical (unpaired) electrons. The van der Waals surface area contributed by atoms with Crippen LogP contribution in [0.1, 0.15) is 16.6 Å². The summed E-state index contributed by atoms with van der Waals surface area (Å²) in [5, 5.41) is 5.15. The molecule has 25 heavy (non-hydrogen) atoms. The van der Waals surface area contributed by atoms with Crippen molar-refractivity contribution in [3.8, 4) is 0 Å². The highest BCUT2D eigenvalue weighted by Crippen LogP contribution is 2.21. The zero-order chi connectivity index (χ0) is 18.4. The van der Waals surface area contributed by atoms with E-state index in [2.05, 4.69) is 31.3 Å². The Hall–Kier alpha value is -1.91. The molecule has 0 aliphatic heterocycles. The monoisotopic (exact) mass is 445 g/mol. The van der Waals surface area contributed by atoms with Crippen molar-refractivity contribution in [3.05, 3.63) is 45.1 Å².